The summed E-state index contributed by atoms with van der Waals surface area (Å²) in [6, 6.07) is 2.12. The Labute approximate surface area is 148 Å². The molecule has 0 spiro atoms. The highest BCUT2D eigenvalue weighted by molar-refractivity contribution is 6.37. The van der Waals surface area contributed by atoms with Crippen molar-refractivity contribution >= 4 is 40.9 Å². The molecule has 0 bridgehead atoms. The first-order valence-corrected chi connectivity index (χ1v) is 7.54. The number of carbonyl (C=O) groups is 2. The predicted molar refractivity (Wildman–Crippen MR) is 89.1 cm³/mol. The van der Waals surface area contributed by atoms with Crippen LogP contribution in [0.15, 0.2) is 12.1 Å². The predicted octanol–water partition coefficient (Wildman–Crippen LogP) is 1.98. The van der Waals surface area contributed by atoms with Crippen LogP contribution in [0.1, 0.15) is 6.92 Å². The van der Waals surface area contributed by atoms with E-state index < -0.39 is 24.1 Å². The van der Waals surface area contributed by atoms with E-state index >= 15 is 0 Å². The number of urea groups is 1. The van der Waals surface area contributed by atoms with E-state index in [0.717, 1.165) is 6.92 Å². The number of benzene rings is 1. The standard InChI is InChI=1S/C14H18Cl2N2O6/c1-14(22,12(19)20)7-17-13(21)18-8-5-9(15)11(10(16)6-8)24-4-3-23-2/h5-6,22H,3-4,7H2,1-2H3,(H,19,20)(H2,17,18,21). The molecule has 1 atom stereocenters. The van der Waals surface area contributed by atoms with Crippen LogP contribution in [0, 0.1) is 0 Å². The highest BCUT2D eigenvalue weighted by atomic mass is 35.5. The third kappa shape index (κ3) is 6.04. The molecule has 0 aliphatic rings. The van der Waals surface area contributed by atoms with E-state index in [1.165, 1.54) is 19.2 Å². The summed E-state index contributed by atoms with van der Waals surface area (Å²) in [7, 11) is 1.53. The molecule has 2 amide bonds. The fraction of sp³-hybridized carbons (Fsp3) is 0.429. The third-order valence-corrected chi connectivity index (χ3v) is 3.41. The molecule has 0 saturated heterocycles. The second kappa shape index (κ2) is 8.93. The Hall–Kier alpha value is -1.74. The molecule has 0 radical (unpaired) electrons. The summed E-state index contributed by atoms with van der Waals surface area (Å²) in [5, 5.41) is 23.3. The van der Waals surface area contributed by atoms with Crippen molar-refractivity contribution in [1.82, 2.24) is 5.32 Å². The van der Waals surface area contributed by atoms with Gasteiger partial charge >= 0.3 is 12.0 Å². The Bertz CT molecular complexity index is 586. The number of nitrogens with one attached hydrogen (secondary N) is 2. The zero-order chi connectivity index (χ0) is 18.3. The molecule has 4 N–H and O–H groups in total. The summed E-state index contributed by atoms with van der Waals surface area (Å²) in [5.74, 6) is -1.19. The molecule has 134 valence electrons. The largest absolute Gasteiger partial charge is 0.488 e. The number of ether oxygens (including phenoxy) is 2. The van der Waals surface area contributed by atoms with E-state index in [1.54, 1.807) is 0 Å². The van der Waals surface area contributed by atoms with Gasteiger partial charge < -0.3 is 30.3 Å². The van der Waals surface area contributed by atoms with Gasteiger partial charge in [-0.05, 0) is 19.1 Å². The number of hydrogen-bond acceptors (Lipinski definition) is 5. The molecule has 1 unspecified atom stereocenters. The first-order chi connectivity index (χ1) is 11.2. The van der Waals surface area contributed by atoms with Gasteiger partial charge in [-0.1, -0.05) is 23.2 Å². The fourth-order valence-corrected chi connectivity index (χ4v) is 2.10. The zero-order valence-corrected chi connectivity index (χ0v) is 14.6. The molecule has 0 aliphatic heterocycles. The van der Waals surface area contributed by atoms with Gasteiger partial charge in [-0.2, -0.15) is 0 Å². The summed E-state index contributed by atoms with van der Waals surface area (Å²) in [5.41, 5.74) is -1.80. The minimum Gasteiger partial charge on any atom is -0.488 e. The van der Waals surface area contributed by atoms with Crippen molar-refractivity contribution in [3.8, 4) is 5.75 Å². The molecule has 0 heterocycles. The van der Waals surface area contributed by atoms with Gasteiger partial charge in [0, 0.05) is 12.8 Å². The van der Waals surface area contributed by atoms with Crippen molar-refractivity contribution in [1.29, 1.82) is 0 Å². The van der Waals surface area contributed by atoms with Gasteiger partial charge in [0.05, 0.1) is 23.2 Å². The van der Waals surface area contributed by atoms with Crippen LogP contribution in [0.5, 0.6) is 5.75 Å². The second-order valence-corrected chi connectivity index (χ2v) is 5.81. The Morgan fingerprint density at radius 1 is 1.25 bits per heavy atom. The minimum absolute atomic E-state index is 0.187. The molecule has 24 heavy (non-hydrogen) atoms. The number of carboxylic acid groups (broad SMARTS) is 1. The maximum absolute atomic E-state index is 11.7. The van der Waals surface area contributed by atoms with Gasteiger partial charge in [-0.15, -0.1) is 0 Å². The Morgan fingerprint density at radius 2 is 1.83 bits per heavy atom. The summed E-state index contributed by atoms with van der Waals surface area (Å²) in [6.07, 6.45) is 0. The molecule has 10 heteroatoms. The number of aliphatic hydroxyl groups is 1. The number of methoxy groups -OCH3 is 1. The highest BCUT2D eigenvalue weighted by Crippen LogP contribution is 2.36. The van der Waals surface area contributed by atoms with Crippen molar-refractivity contribution < 1.29 is 29.3 Å². The molecule has 0 aromatic heterocycles. The molecular formula is C14H18Cl2N2O6. The number of hydrogen-bond donors (Lipinski definition) is 4. The van der Waals surface area contributed by atoms with E-state index in [4.69, 9.17) is 37.8 Å². The summed E-state index contributed by atoms with van der Waals surface area (Å²) in [6.45, 7) is 1.20. The van der Waals surface area contributed by atoms with Crippen LogP contribution in [0.25, 0.3) is 0 Å². The quantitative estimate of drug-likeness (QED) is 0.512. The maximum Gasteiger partial charge on any atom is 0.337 e. The molecule has 1 aromatic rings. The Morgan fingerprint density at radius 3 is 2.33 bits per heavy atom. The molecule has 0 fully saturated rings. The number of amides is 2. The monoisotopic (exact) mass is 380 g/mol. The van der Waals surface area contributed by atoms with Gasteiger partial charge in [0.1, 0.15) is 6.61 Å². The van der Waals surface area contributed by atoms with Crippen LogP contribution in [0.3, 0.4) is 0 Å². The topological polar surface area (TPSA) is 117 Å². The Kier molecular flexibility index (Phi) is 7.56. The van der Waals surface area contributed by atoms with E-state index in [2.05, 4.69) is 10.6 Å². The van der Waals surface area contributed by atoms with Crippen LogP contribution in [0.4, 0.5) is 10.5 Å². The first kappa shape index (κ1) is 20.3. The van der Waals surface area contributed by atoms with Crippen LogP contribution in [-0.2, 0) is 9.53 Å². The van der Waals surface area contributed by atoms with Gasteiger partial charge in [-0.25, -0.2) is 9.59 Å². The zero-order valence-electron chi connectivity index (χ0n) is 13.1. The second-order valence-electron chi connectivity index (χ2n) is 5.00. The van der Waals surface area contributed by atoms with Crippen LogP contribution in [-0.4, -0.2) is 54.7 Å². The van der Waals surface area contributed by atoms with Gasteiger partial charge in [0.15, 0.2) is 11.4 Å². The maximum atomic E-state index is 11.7. The lowest BCUT2D eigenvalue weighted by Gasteiger charge is -2.18. The SMILES string of the molecule is COCCOc1c(Cl)cc(NC(=O)NCC(C)(O)C(=O)O)cc1Cl. The summed E-state index contributed by atoms with van der Waals surface area (Å²) < 4.78 is 10.2. The van der Waals surface area contributed by atoms with E-state index in [-0.39, 0.29) is 28.1 Å². The highest BCUT2D eigenvalue weighted by Gasteiger charge is 2.30. The minimum atomic E-state index is -2.08. The molecular weight excluding hydrogens is 363 g/mol. The first-order valence-electron chi connectivity index (χ1n) is 6.78. The number of aliphatic carboxylic acids is 1. The third-order valence-electron chi connectivity index (χ3n) is 2.84. The number of carbonyl (C=O) groups excluding carboxylic acids is 1. The normalized spacial score (nSPS) is 13.0. The number of halogens is 2. The number of anilines is 1. The molecule has 1 rings (SSSR count). The lowest BCUT2D eigenvalue weighted by atomic mass is 10.1. The lowest BCUT2D eigenvalue weighted by Crippen LogP contribution is -2.47. The average Bonchev–Trinajstić information content (AvgIpc) is 2.48. The van der Waals surface area contributed by atoms with Crippen molar-refractivity contribution in [2.75, 3.05) is 32.2 Å². The van der Waals surface area contributed by atoms with Crippen molar-refractivity contribution in [2.45, 2.75) is 12.5 Å². The number of rotatable bonds is 8. The van der Waals surface area contributed by atoms with Gasteiger partial charge in [0.25, 0.3) is 0 Å². The molecule has 0 aliphatic carbocycles. The molecule has 8 nitrogen and oxygen atoms in total. The average molecular weight is 381 g/mol. The molecule has 0 saturated carbocycles. The smallest absolute Gasteiger partial charge is 0.337 e. The van der Waals surface area contributed by atoms with Crippen LogP contribution < -0.4 is 15.4 Å². The van der Waals surface area contributed by atoms with Crippen molar-refractivity contribution in [2.24, 2.45) is 0 Å². The van der Waals surface area contributed by atoms with Crippen molar-refractivity contribution in [3.05, 3.63) is 22.2 Å². The van der Waals surface area contributed by atoms with E-state index in [0.29, 0.717) is 6.61 Å². The van der Waals surface area contributed by atoms with Crippen LogP contribution >= 0.6 is 23.2 Å². The lowest BCUT2D eigenvalue weighted by molar-refractivity contribution is -0.155. The summed E-state index contributed by atoms with van der Waals surface area (Å²) >= 11 is 12.1. The van der Waals surface area contributed by atoms with E-state index in [9.17, 15) is 14.7 Å². The van der Waals surface area contributed by atoms with Gasteiger partial charge in [-0.3, -0.25) is 0 Å². The van der Waals surface area contributed by atoms with Crippen LogP contribution in [0.2, 0.25) is 10.0 Å². The van der Waals surface area contributed by atoms with Crippen molar-refractivity contribution in [3.63, 3.8) is 0 Å². The van der Waals surface area contributed by atoms with Gasteiger partial charge in [0.2, 0.25) is 0 Å². The fourth-order valence-electron chi connectivity index (χ4n) is 1.50. The summed E-state index contributed by atoms with van der Waals surface area (Å²) in [4.78, 5) is 22.5. The van der Waals surface area contributed by atoms with E-state index in [1.807, 2.05) is 0 Å². The molecule has 1 aromatic carbocycles. The Balaban J connectivity index is 2.68. The number of carboxylic acids is 1.